The monoisotopic (exact) mass is 349 g/mol. The van der Waals surface area contributed by atoms with E-state index in [0.717, 1.165) is 4.88 Å². The van der Waals surface area contributed by atoms with E-state index < -0.39 is 0 Å². The summed E-state index contributed by atoms with van der Waals surface area (Å²) in [5, 5.41) is 3.10. The molecular formula is C15H12ClN3OS2. The molecule has 0 spiro atoms. The highest BCUT2D eigenvalue weighted by Crippen LogP contribution is 2.35. The van der Waals surface area contributed by atoms with E-state index >= 15 is 0 Å². The van der Waals surface area contributed by atoms with E-state index in [1.807, 2.05) is 30.5 Å². The minimum absolute atomic E-state index is 0.0233. The Balaban J connectivity index is 1.95. The van der Waals surface area contributed by atoms with Crippen LogP contribution in [0.15, 0.2) is 45.9 Å². The van der Waals surface area contributed by atoms with Crippen molar-refractivity contribution in [3.63, 3.8) is 0 Å². The Morgan fingerprint density at radius 2 is 2.32 bits per heavy atom. The average molecular weight is 350 g/mol. The maximum absolute atomic E-state index is 12.5. The molecule has 22 heavy (non-hydrogen) atoms. The van der Waals surface area contributed by atoms with Crippen molar-refractivity contribution >= 4 is 57.5 Å². The van der Waals surface area contributed by atoms with Gasteiger partial charge in [-0.2, -0.15) is 0 Å². The zero-order chi connectivity index (χ0) is 15.5. The van der Waals surface area contributed by atoms with E-state index in [1.165, 1.54) is 11.8 Å². The number of thiophene rings is 1. The Morgan fingerprint density at radius 3 is 3.00 bits per heavy atom. The Morgan fingerprint density at radius 1 is 1.45 bits per heavy atom. The van der Waals surface area contributed by atoms with Crippen molar-refractivity contribution in [2.24, 2.45) is 4.99 Å². The van der Waals surface area contributed by atoms with E-state index in [1.54, 1.807) is 34.7 Å². The van der Waals surface area contributed by atoms with Gasteiger partial charge in [-0.25, -0.2) is 4.99 Å². The highest BCUT2D eigenvalue weighted by molar-refractivity contribution is 8.18. The van der Waals surface area contributed by atoms with Gasteiger partial charge in [-0.15, -0.1) is 11.3 Å². The van der Waals surface area contributed by atoms with Gasteiger partial charge in [-0.1, -0.05) is 17.7 Å². The fourth-order valence-corrected chi connectivity index (χ4v) is 3.87. The van der Waals surface area contributed by atoms with Gasteiger partial charge in [-0.3, -0.25) is 14.7 Å². The van der Waals surface area contributed by atoms with Gasteiger partial charge in [0.1, 0.15) is 0 Å². The molecule has 0 radical (unpaired) electrons. The fraction of sp³-hybridized carbons (Fsp3) is 0.133. The minimum Gasteiger partial charge on any atom is -0.287 e. The van der Waals surface area contributed by atoms with Gasteiger partial charge >= 0.3 is 0 Å². The normalized spacial score (nSPS) is 18.6. The zero-order valence-corrected chi connectivity index (χ0v) is 14.1. The standard InChI is InChI=1S/C15H12ClN3OS2/c1-2-19-14(20)13(8-10-4-3-7-21-10)22-15(19)18-12-5-6-17-9-11(12)16/h3-9H,2H2,1H3/b13-8+,18-15?. The number of aromatic nitrogens is 1. The van der Waals surface area contributed by atoms with Crippen LogP contribution in [-0.4, -0.2) is 27.5 Å². The quantitative estimate of drug-likeness (QED) is 0.770. The van der Waals surface area contributed by atoms with Crippen LogP contribution >= 0.6 is 34.7 Å². The van der Waals surface area contributed by atoms with Crippen molar-refractivity contribution in [1.82, 2.24) is 9.88 Å². The van der Waals surface area contributed by atoms with Crippen LogP contribution in [0.4, 0.5) is 5.69 Å². The first-order chi connectivity index (χ1) is 10.7. The van der Waals surface area contributed by atoms with Crippen molar-refractivity contribution in [2.75, 3.05) is 6.54 Å². The number of amides is 1. The second-order valence-electron chi connectivity index (χ2n) is 4.40. The van der Waals surface area contributed by atoms with Crippen LogP contribution in [0.2, 0.25) is 5.02 Å². The molecule has 0 bridgehead atoms. The molecule has 7 heteroatoms. The molecule has 112 valence electrons. The van der Waals surface area contributed by atoms with Crippen molar-refractivity contribution in [3.8, 4) is 0 Å². The molecule has 0 unspecified atom stereocenters. The molecule has 3 rings (SSSR count). The molecule has 0 N–H and O–H groups in total. The van der Waals surface area contributed by atoms with Crippen LogP contribution in [0, 0.1) is 0 Å². The maximum Gasteiger partial charge on any atom is 0.266 e. The van der Waals surface area contributed by atoms with Crippen LogP contribution in [-0.2, 0) is 4.79 Å². The summed E-state index contributed by atoms with van der Waals surface area (Å²) in [6.45, 7) is 2.49. The molecule has 3 heterocycles. The first-order valence-electron chi connectivity index (χ1n) is 6.62. The Labute approximate surface area is 141 Å². The average Bonchev–Trinajstić information content (AvgIpc) is 3.11. The lowest BCUT2D eigenvalue weighted by molar-refractivity contribution is -0.122. The maximum atomic E-state index is 12.5. The van der Waals surface area contributed by atoms with E-state index in [-0.39, 0.29) is 5.91 Å². The molecular weight excluding hydrogens is 338 g/mol. The molecule has 1 amide bonds. The fourth-order valence-electron chi connectivity index (χ4n) is 1.93. The Kier molecular flexibility index (Phi) is 4.61. The number of pyridine rings is 1. The second kappa shape index (κ2) is 6.64. The summed E-state index contributed by atoms with van der Waals surface area (Å²) in [7, 11) is 0. The number of rotatable bonds is 3. The van der Waals surface area contributed by atoms with E-state index in [0.29, 0.717) is 27.3 Å². The van der Waals surface area contributed by atoms with E-state index in [9.17, 15) is 4.79 Å². The molecule has 1 aliphatic rings. The van der Waals surface area contributed by atoms with Crippen LogP contribution in [0.3, 0.4) is 0 Å². The number of carbonyl (C=O) groups is 1. The molecule has 1 saturated heterocycles. The third-order valence-electron chi connectivity index (χ3n) is 2.99. The molecule has 0 aliphatic carbocycles. The predicted molar refractivity (Wildman–Crippen MR) is 93.6 cm³/mol. The summed E-state index contributed by atoms with van der Waals surface area (Å²) < 4.78 is 0. The first-order valence-corrected chi connectivity index (χ1v) is 8.69. The number of hydrogen-bond acceptors (Lipinski definition) is 5. The van der Waals surface area contributed by atoms with Gasteiger partial charge in [0.25, 0.3) is 5.91 Å². The number of carbonyl (C=O) groups excluding carboxylic acids is 1. The van der Waals surface area contributed by atoms with Gasteiger partial charge in [0.15, 0.2) is 5.17 Å². The molecule has 0 saturated carbocycles. The van der Waals surface area contributed by atoms with Crippen LogP contribution in [0.25, 0.3) is 6.08 Å². The molecule has 1 aliphatic heterocycles. The number of halogens is 1. The molecule has 0 atom stereocenters. The van der Waals surface area contributed by atoms with Crippen molar-refractivity contribution in [1.29, 1.82) is 0 Å². The summed E-state index contributed by atoms with van der Waals surface area (Å²) in [6, 6.07) is 5.68. The molecule has 1 fully saturated rings. The molecule has 0 aromatic carbocycles. The number of hydrogen-bond donors (Lipinski definition) is 0. The lowest BCUT2D eigenvalue weighted by Gasteiger charge is -2.12. The smallest absolute Gasteiger partial charge is 0.266 e. The first kappa shape index (κ1) is 15.3. The molecule has 2 aromatic rings. The summed E-state index contributed by atoms with van der Waals surface area (Å²) >= 11 is 9.05. The van der Waals surface area contributed by atoms with Crippen molar-refractivity contribution in [2.45, 2.75) is 6.92 Å². The third-order valence-corrected chi connectivity index (χ3v) is 5.11. The van der Waals surface area contributed by atoms with Crippen molar-refractivity contribution < 1.29 is 4.79 Å². The second-order valence-corrected chi connectivity index (χ2v) is 6.79. The Hall–Kier alpha value is -1.63. The summed E-state index contributed by atoms with van der Waals surface area (Å²) in [5.41, 5.74) is 0.614. The van der Waals surface area contributed by atoms with Gasteiger partial charge < -0.3 is 0 Å². The largest absolute Gasteiger partial charge is 0.287 e. The number of nitrogens with zero attached hydrogens (tertiary/aromatic N) is 3. The topological polar surface area (TPSA) is 45.6 Å². The van der Waals surface area contributed by atoms with Crippen LogP contribution in [0.1, 0.15) is 11.8 Å². The third kappa shape index (κ3) is 3.09. The zero-order valence-electron chi connectivity index (χ0n) is 11.7. The lowest BCUT2D eigenvalue weighted by Crippen LogP contribution is -2.28. The lowest BCUT2D eigenvalue weighted by atomic mass is 10.4. The predicted octanol–water partition coefficient (Wildman–Crippen LogP) is 4.42. The molecule has 2 aromatic heterocycles. The number of aliphatic imine (C=N–C) groups is 1. The van der Waals surface area contributed by atoms with Gasteiger partial charge in [0.05, 0.1) is 15.6 Å². The summed E-state index contributed by atoms with van der Waals surface area (Å²) in [6.07, 6.45) is 5.07. The minimum atomic E-state index is -0.0233. The van der Waals surface area contributed by atoms with Gasteiger partial charge in [-0.05, 0) is 42.3 Å². The van der Waals surface area contributed by atoms with Gasteiger partial charge in [0.2, 0.25) is 0 Å². The SMILES string of the molecule is CCN1C(=O)/C(=C\c2cccs2)SC1=Nc1ccncc1Cl. The Bertz CT molecular complexity index is 756. The van der Waals surface area contributed by atoms with Gasteiger partial charge in [0, 0.05) is 23.8 Å². The van der Waals surface area contributed by atoms with Crippen molar-refractivity contribution in [3.05, 3.63) is 50.8 Å². The number of amidine groups is 1. The molecule has 4 nitrogen and oxygen atoms in total. The highest BCUT2D eigenvalue weighted by atomic mass is 35.5. The van der Waals surface area contributed by atoms with Crippen LogP contribution < -0.4 is 0 Å². The van der Waals surface area contributed by atoms with E-state index in [4.69, 9.17) is 11.6 Å². The number of thioether (sulfide) groups is 1. The summed E-state index contributed by atoms with van der Waals surface area (Å²) in [5.74, 6) is -0.0233. The highest BCUT2D eigenvalue weighted by Gasteiger charge is 2.32. The number of likely N-dealkylation sites (N-methyl/N-ethyl adjacent to an activating group) is 1. The summed E-state index contributed by atoms with van der Waals surface area (Å²) in [4.78, 5) is 24.3. The van der Waals surface area contributed by atoms with E-state index in [2.05, 4.69) is 9.98 Å². The van der Waals surface area contributed by atoms with Crippen LogP contribution in [0.5, 0.6) is 0 Å².